The molecule has 0 fully saturated rings. The van der Waals surface area contributed by atoms with Crippen LogP contribution in [0.5, 0.6) is 11.5 Å². The van der Waals surface area contributed by atoms with Crippen LogP contribution in [0.15, 0.2) is 29.4 Å². The molecular weight excluding hydrogens is 308 g/mol. The van der Waals surface area contributed by atoms with Crippen LogP contribution in [-0.4, -0.2) is 10.2 Å². The fourth-order valence-corrected chi connectivity index (χ4v) is 3.10. The fourth-order valence-electron chi connectivity index (χ4n) is 3.10. The molecular formula is C23H36O2. The summed E-state index contributed by atoms with van der Waals surface area (Å²) in [5.74, 6) is 0.661. The van der Waals surface area contributed by atoms with Crippen LogP contribution in [-0.2, 0) is 6.42 Å². The van der Waals surface area contributed by atoms with Gasteiger partial charge in [0.2, 0.25) is 0 Å². The first kappa shape index (κ1) is 21.3. The highest BCUT2D eigenvalue weighted by molar-refractivity contribution is 5.52. The Hall–Kier alpha value is -1.70. The maximum Gasteiger partial charge on any atom is 0.160 e. The van der Waals surface area contributed by atoms with Crippen molar-refractivity contribution >= 4 is 0 Å². The Bertz CT molecular complexity index is 593. The fraction of sp³-hybridized carbons (Fsp3) is 0.565. The van der Waals surface area contributed by atoms with Crippen molar-refractivity contribution in [3.8, 4) is 11.5 Å². The molecule has 2 nitrogen and oxygen atoms in total. The van der Waals surface area contributed by atoms with Gasteiger partial charge < -0.3 is 10.2 Å². The molecule has 140 valence electrons. The van der Waals surface area contributed by atoms with Crippen molar-refractivity contribution in [3.05, 3.63) is 46.1 Å². The minimum absolute atomic E-state index is 0.000627. The lowest BCUT2D eigenvalue weighted by Crippen LogP contribution is -2.00. The predicted octanol–water partition coefficient (Wildman–Crippen LogP) is 6.76. The van der Waals surface area contributed by atoms with Gasteiger partial charge in [0, 0.05) is 5.56 Å². The van der Waals surface area contributed by atoms with Crippen molar-refractivity contribution < 1.29 is 10.2 Å². The van der Waals surface area contributed by atoms with Gasteiger partial charge in [-0.15, -0.1) is 0 Å². The zero-order valence-corrected chi connectivity index (χ0v) is 16.9. The highest BCUT2D eigenvalue weighted by Gasteiger charge is 2.13. The molecule has 0 bridgehead atoms. The quantitative estimate of drug-likeness (QED) is 0.384. The standard InChI is InChI=1S/C23H36O2/c1-16(2)9-7-10-17(3)11-8-12-18(4)13-14-21-20(6)19(5)15-22(24)23(21)25/h9,11,15,18,24-25H,7-8,10,12-14H2,1-6H3. The maximum atomic E-state index is 10.1. The number of aromatic hydroxyl groups is 2. The number of phenols is 2. The molecule has 0 saturated carbocycles. The van der Waals surface area contributed by atoms with Gasteiger partial charge in [0.15, 0.2) is 11.5 Å². The Morgan fingerprint density at radius 3 is 2.36 bits per heavy atom. The maximum absolute atomic E-state index is 10.1. The summed E-state index contributed by atoms with van der Waals surface area (Å²) in [7, 11) is 0. The van der Waals surface area contributed by atoms with Crippen LogP contribution < -0.4 is 0 Å². The molecule has 0 aliphatic carbocycles. The lowest BCUT2D eigenvalue weighted by molar-refractivity contribution is 0.395. The van der Waals surface area contributed by atoms with Gasteiger partial charge in [0.25, 0.3) is 0 Å². The van der Waals surface area contributed by atoms with E-state index in [0.29, 0.717) is 5.92 Å². The summed E-state index contributed by atoms with van der Waals surface area (Å²) in [5, 5.41) is 19.9. The topological polar surface area (TPSA) is 40.5 Å². The number of allylic oxidation sites excluding steroid dienone is 4. The van der Waals surface area contributed by atoms with Crippen molar-refractivity contribution in [3.63, 3.8) is 0 Å². The number of hydrogen-bond donors (Lipinski definition) is 2. The SMILES string of the molecule is CC(C)=CCCC(C)=CCCC(C)CCc1c(C)c(C)cc(O)c1O. The number of phenolic OH excluding ortho intramolecular Hbond substituents is 2. The summed E-state index contributed by atoms with van der Waals surface area (Å²) >= 11 is 0. The molecule has 1 aromatic rings. The van der Waals surface area contributed by atoms with Gasteiger partial charge in [0.1, 0.15) is 0 Å². The van der Waals surface area contributed by atoms with Gasteiger partial charge in [-0.25, -0.2) is 0 Å². The average molecular weight is 345 g/mol. The van der Waals surface area contributed by atoms with E-state index in [9.17, 15) is 10.2 Å². The molecule has 0 saturated heterocycles. The molecule has 1 aromatic carbocycles. The first-order valence-electron chi connectivity index (χ1n) is 9.52. The molecule has 1 rings (SSSR count). The van der Waals surface area contributed by atoms with E-state index in [2.05, 4.69) is 39.8 Å². The first-order valence-corrected chi connectivity index (χ1v) is 9.52. The lowest BCUT2D eigenvalue weighted by Gasteiger charge is -2.15. The molecule has 0 heterocycles. The number of benzene rings is 1. The van der Waals surface area contributed by atoms with Gasteiger partial charge in [-0.2, -0.15) is 0 Å². The predicted molar refractivity (Wildman–Crippen MR) is 108 cm³/mol. The summed E-state index contributed by atoms with van der Waals surface area (Å²) < 4.78 is 0. The second-order valence-corrected chi connectivity index (χ2v) is 7.76. The largest absolute Gasteiger partial charge is 0.504 e. The van der Waals surface area contributed by atoms with Crippen molar-refractivity contribution in [1.29, 1.82) is 0 Å². The molecule has 0 aliphatic heterocycles. The van der Waals surface area contributed by atoms with E-state index in [0.717, 1.165) is 55.2 Å². The van der Waals surface area contributed by atoms with Crippen molar-refractivity contribution in [2.24, 2.45) is 5.92 Å². The number of aryl methyl sites for hydroxylation is 1. The number of hydrogen-bond acceptors (Lipinski definition) is 2. The summed E-state index contributed by atoms with van der Waals surface area (Å²) in [6, 6.07) is 1.64. The summed E-state index contributed by atoms with van der Waals surface area (Å²) in [4.78, 5) is 0. The zero-order valence-electron chi connectivity index (χ0n) is 16.9. The summed E-state index contributed by atoms with van der Waals surface area (Å²) in [6.07, 6.45) is 11.1. The third-order valence-electron chi connectivity index (χ3n) is 5.06. The molecule has 0 radical (unpaired) electrons. The van der Waals surface area contributed by atoms with Crippen molar-refractivity contribution in [1.82, 2.24) is 0 Å². The van der Waals surface area contributed by atoms with Crippen LogP contribution in [0.1, 0.15) is 76.5 Å². The molecule has 0 aromatic heterocycles. The minimum Gasteiger partial charge on any atom is -0.504 e. The van der Waals surface area contributed by atoms with E-state index in [1.165, 1.54) is 11.1 Å². The molecule has 2 heteroatoms. The van der Waals surface area contributed by atoms with Crippen LogP contribution in [0.4, 0.5) is 0 Å². The molecule has 0 aliphatic rings. The van der Waals surface area contributed by atoms with Gasteiger partial charge in [-0.05, 0) is 96.3 Å². The highest BCUT2D eigenvalue weighted by Crippen LogP contribution is 2.35. The molecule has 0 amide bonds. The summed E-state index contributed by atoms with van der Waals surface area (Å²) in [6.45, 7) is 12.8. The van der Waals surface area contributed by atoms with E-state index in [-0.39, 0.29) is 11.5 Å². The second kappa shape index (κ2) is 10.3. The zero-order chi connectivity index (χ0) is 19.0. The molecule has 1 unspecified atom stereocenters. The Morgan fingerprint density at radius 2 is 1.72 bits per heavy atom. The summed E-state index contributed by atoms with van der Waals surface area (Å²) in [5.41, 5.74) is 5.90. The van der Waals surface area contributed by atoms with Gasteiger partial charge in [-0.1, -0.05) is 30.2 Å². The van der Waals surface area contributed by atoms with Gasteiger partial charge in [0.05, 0.1) is 0 Å². The lowest BCUT2D eigenvalue weighted by atomic mass is 9.92. The van der Waals surface area contributed by atoms with Gasteiger partial charge in [-0.3, -0.25) is 0 Å². The first-order chi connectivity index (χ1) is 11.7. The van der Waals surface area contributed by atoms with Crippen LogP contribution in [0.2, 0.25) is 0 Å². The van der Waals surface area contributed by atoms with Crippen LogP contribution >= 0.6 is 0 Å². The molecule has 1 atom stereocenters. The monoisotopic (exact) mass is 344 g/mol. The van der Waals surface area contributed by atoms with E-state index in [1.54, 1.807) is 6.07 Å². The van der Waals surface area contributed by atoms with Gasteiger partial charge >= 0.3 is 0 Å². The minimum atomic E-state index is 0.000627. The third kappa shape index (κ3) is 7.37. The normalized spacial score (nSPS) is 13.0. The Morgan fingerprint density at radius 1 is 1.04 bits per heavy atom. The Balaban J connectivity index is 2.46. The van der Waals surface area contributed by atoms with E-state index >= 15 is 0 Å². The van der Waals surface area contributed by atoms with Crippen molar-refractivity contribution in [2.45, 2.75) is 80.1 Å². The van der Waals surface area contributed by atoms with Crippen LogP contribution in [0.25, 0.3) is 0 Å². The van der Waals surface area contributed by atoms with E-state index < -0.39 is 0 Å². The van der Waals surface area contributed by atoms with Crippen LogP contribution in [0, 0.1) is 19.8 Å². The van der Waals surface area contributed by atoms with E-state index in [1.807, 2.05) is 13.8 Å². The number of rotatable bonds is 9. The molecule has 2 N–H and O–H groups in total. The Labute approximate surface area is 154 Å². The Kier molecular flexibility index (Phi) is 8.82. The third-order valence-corrected chi connectivity index (χ3v) is 5.06. The second-order valence-electron chi connectivity index (χ2n) is 7.76. The molecule has 0 spiro atoms. The highest BCUT2D eigenvalue weighted by atomic mass is 16.3. The van der Waals surface area contributed by atoms with Crippen LogP contribution in [0.3, 0.4) is 0 Å². The molecule has 25 heavy (non-hydrogen) atoms. The van der Waals surface area contributed by atoms with Crippen molar-refractivity contribution in [2.75, 3.05) is 0 Å². The smallest absolute Gasteiger partial charge is 0.160 e. The van der Waals surface area contributed by atoms with E-state index in [4.69, 9.17) is 0 Å². The average Bonchev–Trinajstić information content (AvgIpc) is 2.52.